The van der Waals surface area contributed by atoms with Gasteiger partial charge in [0.2, 0.25) is 0 Å². The molecular weight excluding hydrogens is 350 g/mol. The maximum atomic E-state index is 12.6. The number of halogens is 1. The van der Waals surface area contributed by atoms with Crippen molar-refractivity contribution >= 4 is 17.5 Å². The fourth-order valence-corrected chi connectivity index (χ4v) is 2.64. The highest BCUT2D eigenvalue weighted by Crippen LogP contribution is 2.20. The first-order chi connectivity index (χ1) is 12.4. The number of carbonyl (C=O) groups excluding carboxylic acids is 1. The van der Waals surface area contributed by atoms with Crippen molar-refractivity contribution in [3.63, 3.8) is 0 Å². The molecule has 6 heteroatoms. The van der Waals surface area contributed by atoms with Crippen molar-refractivity contribution in [2.45, 2.75) is 26.3 Å². The van der Waals surface area contributed by atoms with Crippen LogP contribution in [0.4, 0.5) is 0 Å². The van der Waals surface area contributed by atoms with Gasteiger partial charge in [0, 0.05) is 30.4 Å². The van der Waals surface area contributed by atoms with Gasteiger partial charge in [-0.15, -0.1) is 0 Å². The summed E-state index contributed by atoms with van der Waals surface area (Å²) < 4.78 is 5.31. The SMILES string of the molecule is CC(C)c1cc(CN(C)C(=O)c2ccc(-c3ccc(Cl)cn3)cc2)on1. The van der Waals surface area contributed by atoms with E-state index in [0.717, 1.165) is 17.0 Å². The van der Waals surface area contributed by atoms with Gasteiger partial charge in [0.1, 0.15) is 0 Å². The molecule has 2 aromatic heterocycles. The largest absolute Gasteiger partial charge is 0.359 e. The Bertz CT molecular complexity index is 886. The van der Waals surface area contributed by atoms with Gasteiger partial charge in [0.15, 0.2) is 5.76 Å². The molecule has 134 valence electrons. The van der Waals surface area contributed by atoms with Crippen LogP contribution in [0.25, 0.3) is 11.3 Å². The topological polar surface area (TPSA) is 59.2 Å². The fraction of sp³-hybridized carbons (Fsp3) is 0.250. The van der Waals surface area contributed by atoms with E-state index in [1.165, 1.54) is 0 Å². The molecule has 26 heavy (non-hydrogen) atoms. The van der Waals surface area contributed by atoms with Crippen LogP contribution in [0.3, 0.4) is 0 Å². The molecule has 0 aliphatic carbocycles. The van der Waals surface area contributed by atoms with E-state index in [1.807, 2.05) is 38.1 Å². The summed E-state index contributed by atoms with van der Waals surface area (Å²) in [6.07, 6.45) is 1.60. The molecule has 0 atom stereocenters. The third-order valence-corrected chi connectivity index (χ3v) is 4.29. The number of nitrogens with zero attached hydrogens (tertiary/aromatic N) is 3. The lowest BCUT2D eigenvalue weighted by atomic mass is 10.1. The Balaban J connectivity index is 1.69. The predicted molar refractivity (Wildman–Crippen MR) is 101 cm³/mol. The van der Waals surface area contributed by atoms with Gasteiger partial charge in [-0.25, -0.2) is 0 Å². The first kappa shape index (κ1) is 18.1. The molecule has 0 spiro atoms. The number of carbonyl (C=O) groups is 1. The zero-order valence-corrected chi connectivity index (χ0v) is 15.7. The summed E-state index contributed by atoms with van der Waals surface area (Å²) in [6.45, 7) is 4.47. The second-order valence-corrected chi connectivity index (χ2v) is 6.91. The van der Waals surface area contributed by atoms with Gasteiger partial charge in [0.25, 0.3) is 5.91 Å². The third-order valence-electron chi connectivity index (χ3n) is 4.06. The molecule has 2 heterocycles. The van der Waals surface area contributed by atoms with Crippen LogP contribution in [0.15, 0.2) is 53.2 Å². The normalized spacial score (nSPS) is 11.0. The number of pyridine rings is 1. The van der Waals surface area contributed by atoms with Gasteiger partial charge < -0.3 is 9.42 Å². The summed E-state index contributed by atoms with van der Waals surface area (Å²) >= 11 is 5.86. The molecule has 0 unspecified atom stereocenters. The maximum Gasteiger partial charge on any atom is 0.254 e. The van der Waals surface area contributed by atoms with Gasteiger partial charge in [0.05, 0.1) is 23.0 Å². The minimum atomic E-state index is -0.0805. The van der Waals surface area contributed by atoms with Crippen molar-refractivity contribution in [2.75, 3.05) is 7.05 Å². The Morgan fingerprint density at radius 3 is 2.50 bits per heavy atom. The Morgan fingerprint density at radius 1 is 1.19 bits per heavy atom. The molecule has 0 N–H and O–H groups in total. The van der Waals surface area contributed by atoms with Crippen molar-refractivity contribution in [1.29, 1.82) is 0 Å². The van der Waals surface area contributed by atoms with E-state index in [4.69, 9.17) is 16.1 Å². The van der Waals surface area contributed by atoms with E-state index < -0.39 is 0 Å². The number of amides is 1. The first-order valence-corrected chi connectivity index (χ1v) is 8.75. The van der Waals surface area contributed by atoms with E-state index in [0.29, 0.717) is 28.8 Å². The van der Waals surface area contributed by atoms with E-state index in [2.05, 4.69) is 10.1 Å². The number of rotatable bonds is 5. The summed E-state index contributed by atoms with van der Waals surface area (Å²) in [4.78, 5) is 18.5. The highest BCUT2D eigenvalue weighted by molar-refractivity contribution is 6.30. The first-order valence-electron chi connectivity index (χ1n) is 8.37. The third kappa shape index (κ3) is 4.11. The zero-order valence-electron chi connectivity index (χ0n) is 14.9. The highest BCUT2D eigenvalue weighted by atomic mass is 35.5. The smallest absolute Gasteiger partial charge is 0.254 e. The molecule has 5 nitrogen and oxygen atoms in total. The molecular formula is C20H20ClN3O2. The van der Waals surface area contributed by atoms with E-state index >= 15 is 0 Å². The van der Waals surface area contributed by atoms with Gasteiger partial charge >= 0.3 is 0 Å². The van der Waals surface area contributed by atoms with Crippen LogP contribution in [-0.2, 0) is 6.54 Å². The van der Waals surface area contributed by atoms with Gasteiger partial charge in [-0.05, 0) is 30.2 Å². The minimum absolute atomic E-state index is 0.0805. The number of hydrogen-bond donors (Lipinski definition) is 0. The lowest BCUT2D eigenvalue weighted by Gasteiger charge is -2.15. The standard InChI is InChI=1S/C20H20ClN3O2/c1-13(2)19-10-17(26-23-19)12-24(3)20(25)15-6-4-14(5-7-15)18-9-8-16(21)11-22-18/h4-11,13H,12H2,1-3H3. The molecule has 0 aliphatic rings. The number of benzene rings is 1. The second-order valence-electron chi connectivity index (χ2n) is 6.47. The van der Waals surface area contributed by atoms with Gasteiger partial charge in [-0.1, -0.05) is 42.7 Å². The summed E-state index contributed by atoms with van der Waals surface area (Å²) in [5.74, 6) is 0.886. The van der Waals surface area contributed by atoms with Crippen LogP contribution in [0.2, 0.25) is 5.02 Å². The molecule has 3 aromatic rings. The Hall–Kier alpha value is -2.66. The van der Waals surface area contributed by atoms with Crippen molar-refractivity contribution in [2.24, 2.45) is 0 Å². The number of aromatic nitrogens is 2. The average Bonchev–Trinajstić information content (AvgIpc) is 3.11. The van der Waals surface area contributed by atoms with Crippen LogP contribution in [-0.4, -0.2) is 28.0 Å². The zero-order chi connectivity index (χ0) is 18.7. The number of hydrogen-bond acceptors (Lipinski definition) is 4. The van der Waals surface area contributed by atoms with E-state index in [1.54, 1.807) is 36.3 Å². The quantitative estimate of drug-likeness (QED) is 0.649. The van der Waals surface area contributed by atoms with E-state index in [-0.39, 0.29) is 5.91 Å². The predicted octanol–water partition coefficient (Wildman–Crippen LogP) is 4.79. The van der Waals surface area contributed by atoms with Gasteiger partial charge in [-0.3, -0.25) is 9.78 Å². The summed E-state index contributed by atoms with van der Waals surface area (Å²) in [5.41, 5.74) is 3.23. The summed E-state index contributed by atoms with van der Waals surface area (Å²) in [6, 6.07) is 12.9. The maximum absolute atomic E-state index is 12.6. The van der Waals surface area contributed by atoms with Crippen molar-refractivity contribution in [3.05, 3.63) is 70.7 Å². The summed E-state index contributed by atoms with van der Waals surface area (Å²) in [7, 11) is 1.74. The Morgan fingerprint density at radius 2 is 1.92 bits per heavy atom. The fourth-order valence-electron chi connectivity index (χ4n) is 2.53. The summed E-state index contributed by atoms with van der Waals surface area (Å²) in [5, 5.41) is 4.62. The lowest BCUT2D eigenvalue weighted by molar-refractivity contribution is 0.0772. The van der Waals surface area contributed by atoms with Crippen molar-refractivity contribution < 1.29 is 9.32 Å². The van der Waals surface area contributed by atoms with Crippen LogP contribution in [0, 0.1) is 0 Å². The molecule has 0 saturated heterocycles. The van der Waals surface area contributed by atoms with Crippen LogP contribution < -0.4 is 0 Å². The molecule has 0 saturated carbocycles. The second kappa shape index (κ2) is 7.70. The Labute approximate surface area is 157 Å². The highest BCUT2D eigenvalue weighted by Gasteiger charge is 2.15. The van der Waals surface area contributed by atoms with Crippen molar-refractivity contribution in [3.8, 4) is 11.3 Å². The molecule has 0 radical (unpaired) electrons. The average molecular weight is 370 g/mol. The van der Waals surface area contributed by atoms with Crippen molar-refractivity contribution in [1.82, 2.24) is 15.0 Å². The van der Waals surface area contributed by atoms with E-state index in [9.17, 15) is 4.79 Å². The Kier molecular flexibility index (Phi) is 5.38. The minimum Gasteiger partial charge on any atom is -0.359 e. The molecule has 3 rings (SSSR count). The van der Waals surface area contributed by atoms with Crippen LogP contribution >= 0.6 is 11.6 Å². The lowest BCUT2D eigenvalue weighted by Crippen LogP contribution is -2.25. The monoisotopic (exact) mass is 369 g/mol. The van der Waals surface area contributed by atoms with Crippen LogP contribution in [0.1, 0.15) is 41.6 Å². The molecule has 1 amide bonds. The molecule has 0 aliphatic heterocycles. The molecule has 0 bridgehead atoms. The molecule has 0 fully saturated rings. The van der Waals surface area contributed by atoms with Crippen LogP contribution in [0.5, 0.6) is 0 Å². The molecule has 1 aromatic carbocycles. The van der Waals surface area contributed by atoms with Gasteiger partial charge in [-0.2, -0.15) is 0 Å².